The average molecular weight is 229 g/mol. The highest BCUT2D eigenvalue weighted by molar-refractivity contribution is 7.13. The second kappa shape index (κ2) is 3.35. The van der Waals surface area contributed by atoms with Crippen molar-refractivity contribution in [3.05, 3.63) is 41.4 Å². The fourth-order valence-electron chi connectivity index (χ4n) is 1.80. The van der Waals surface area contributed by atoms with Crippen LogP contribution in [0.2, 0.25) is 0 Å². The molecule has 3 nitrogen and oxygen atoms in total. The van der Waals surface area contributed by atoms with Crippen LogP contribution in [-0.2, 0) is 0 Å². The second-order valence-corrected chi connectivity index (χ2v) is 4.62. The summed E-state index contributed by atoms with van der Waals surface area (Å²) in [6, 6.07) is 7.97. The molecule has 0 bridgehead atoms. The summed E-state index contributed by atoms with van der Waals surface area (Å²) in [5, 5.41) is 2.06. The van der Waals surface area contributed by atoms with E-state index in [1.807, 2.05) is 28.8 Å². The van der Waals surface area contributed by atoms with Gasteiger partial charge >= 0.3 is 0 Å². The van der Waals surface area contributed by atoms with Crippen LogP contribution in [0.3, 0.4) is 0 Å². The number of nitrogens with zero attached hydrogens (tertiary/aromatic N) is 2. The SMILES string of the molecule is Cc1ccsc1-c1nc2ccccn2c1N. The summed E-state index contributed by atoms with van der Waals surface area (Å²) in [7, 11) is 0. The lowest BCUT2D eigenvalue weighted by Gasteiger charge is -1.97. The standard InChI is InChI=1S/C12H11N3S/c1-8-5-7-16-11(8)10-12(13)15-6-3-2-4-9(15)14-10/h2-7H,13H2,1H3. The average Bonchev–Trinajstić information content (AvgIpc) is 2.84. The molecule has 0 fully saturated rings. The van der Waals surface area contributed by atoms with Crippen molar-refractivity contribution >= 4 is 22.8 Å². The quantitative estimate of drug-likeness (QED) is 0.697. The van der Waals surface area contributed by atoms with Crippen LogP contribution in [0, 0.1) is 6.92 Å². The first kappa shape index (κ1) is 9.42. The molecule has 0 radical (unpaired) electrons. The summed E-state index contributed by atoms with van der Waals surface area (Å²) in [4.78, 5) is 5.72. The van der Waals surface area contributed by atoms with Gasteiger partial charge in [-0.15, -0.1) is 11.3 Å². The number of nitrogens with two attached hydrogens (primary N) is 1. The molecule has 0 amide bonds. The number of imidazole rings is 1. The minimum absolute atomic E-state index is 0.709. The molecule has 3 rings (SSSR count). The third-order valence-corrected chi connectivity index (χ3v) is 3.67. The molecule has 80 valence electrons. The minimum atomic E-state index is 0.709. The second-order valence-electron chi connectivity index (χ2n) is 3.71. The van der Waals surface area contributed by atoms with Gasteiger partial charge in [-0.2, -0.15) is 0 Å². The van der Waals surface area contributed by atoms with E-state index in [4.69, 9.17) is 5.73 Å². The van der Waals surface area contributed by atoms with Crippen LogP contribution in [0.1, 0.15) is 5.56 Å². The zero-order valence-electron chi connectivity index (χ0n) is 8.84. The van der Waals surface area contributed by atoms with Crippen molar-refractivity contribution < 1.29 is 0 Å². The molecule has 0 saturated heterocycles. The van der Waals surface area contributed by atoms with Gasteiger partial charge in [0.2, 0.25) is 0 Å². The van der Waals surface area contributed by atoms with Gasteiger partial charge in [0.15, 0.2) is 0 Å². The van der Waals surface area contributed by atoms with E-state index >= 15 is 0 Å². The highest BCUT2D eigenvalue weighted by Crippen LogP contribution is 2.32. The summed E-state index contributed by atoms with van der Waals surface area (Å²) in [6.45, 7) is 2.08. The summed E-state index contributed by atoms with van der Waals surface area (Å²) in [6.07, 6.45) is 1.93. The lowest BCUT2D eigenvalue weighted by Crippen LogP contribution is -1.93. The zero-order valence-corrected chi connectivity index (χ0v) is 9.66. The third kappa shape index (κ3) is 1.23. The minimum Gasteiger partial charge on any atom is -0.383 e. The number of anilines is 1. The Morgan fingerprint density at radius 1 is 1.31 bits per heavy atom. The van der Waals surface area contributed by atoms with E-state index < -0.39 is 0 Å². The van der Waals surface area contributed by atoms with Crippen molar-refractivity contribution in [3.63, 3.8) is 0 Å². The van der Waals surface area contributed by atoms with Crippen molar-refractivity contribution in [1.29, 1.82) is 0 Å². The van der Waals surface area contributed by atoms with Gasteiger partial charge in [-0.1, -0.05) is 6.07 Å². The van der Waals surface area contributed by atoms with Crippen LogP contribution >= 0.6 is 11.3 Å². The molecule has 0 aliphatic heterocycles. The number of hydrogen-bond acceptors (Lipinski definition) is 3. The monoisotopic (exact) mass is 229 g/mol. The van der Waals surface area contributed by atoms with Crippen molar-refractivity contribution in [3.8, 4) is 10.6 Å². The number of hydrogen-bond donors (Lipinski definition) is 1. The Labute approximate surface area is 97.2 Å². The molecule has 0 saturated carbocycles. The maximum Gasteiger partial charge on any atom is 0.139 e. The number of aryl methyl sites for hydroxylation is 1. The summed E-state index contributed by atoms with van der Waals surface area (Å²) >= 11 is 1.68. The third-order valence-electron chi connectivity index (χ3n) is 2.64. The van der Waals surface area contributed by atoms with Gasteiger partial charge in [-0.05, 0) is 36.1 Å². The number of pyridine rings is 1. The molecule has 3 heterocycles. The smallest absolute Gasteiger partial charge is 0.139 e. The first-order valence-corrected chi connectivity index (χ1v) is 5.92. The molecular formula is C12H11N3S. The fraction of sp³-hybridized carbons (Fsp3) is 0.0833. The molecule has 0 aliphatic carbocycles. The largest absolute Gasteiger partial charge is 0.383 e. The van der Waals surface area contributed by atoms with Gasteiger partial charge in [0.25, 0.3) is 0 Å². The number of thiophene rings is 1. The zero-order chi connectivity index (χ0) is 11.1. The molecule has 16 heavy (non-hydrogen) atoms. The van der Waals surface area contributed by atoms with E-state index in [1.54, 1.807) is 11.3 Å². The van der Waals surface area contributed by atoms with Crippen LogP contribution in [0.15, 0.2) is 35.8 Å². The summed E-state index contributed by atoms with van der Waals surface area (Å²) in [5.74, 6) is 0.709. The molecule has 3 aromatic rings. The molecule has 0 aromatic carbocycles. The summed E-state index contributed by atoms with van der Waals surface area (Å²) < 4.78 is 1.91. The molecule has 0 aliphatic rings. The number of rotatable bonds is 1. The van der Waals surface area contributed by atoms with Crippen molar-refractivity contribution in [1.82, 2.24) is 9.38 Å². The van der Waals surface area contributed by atoms with Crippen LogP contribution < -0.4 is 5.73 Å². The molecule has 2 N–H and O–H groups in total. The van der Waals surface area contributed by atoms with Crippen LogP contribution in [0.25, 0.3) is 16.2 Å². The molecule has 0 unspecified atom stereocenters. The van der Waals surface area contributed by atoms with Gasteiger partial charge in [-0.25, -0.2) is 4.98 Å². The van der Waals surface area contributed by atoms with Crippen molar-refractivity contribution in [2.24, 2.45) is 0 Å². The Kier molecular flexibility index (Phi) is 1.97. The van der Waals surface area contributed by atoms with E-state index in [-0.39, 0.29) is 0 Å². The van der Waals surface area contributed by atoms with Crippen molar-refractivity contribution in [2.45, 2.75) is 6.92 Å². The van der Waals surface area contributed by atoms with Crippen LogP contribution in [-0.4, -0.2) is 9.38 Å². The highest BCUT2D eigenvalue weighted by Gasteiger charge is 2.13. The van der Waals surface area contributed by atoms with E-state index in [2.05, 4.69) is 23.4 Å². The highest BCUT2D eigenvalue weighted by atomic mass is 32.1. The molecular weight excluding hydrogens is 218 g/mol. The molecule has 0 spiro atoms. The Morgan fingerprint density at radius 3 is 2.88 bits per heavy atom. The van der Waals surface area contributed by atoms with Gasteiger partial charge in [0.05, 0.1) is 4.88 Å². The number of aromatic nitrogens is 2. The van der Waals surface area contributed by atoms with Crippen LogP contribution in [0.5, 0.6) is 0 Å². The van der Waals surface area contributed by atoms with E-state index in [9.17, 15) is 0 Å². The van der Waals surface area contributed by atoms with Crippen LogP contribution in [0.4, 0.5) is 5.82 Å². The molecule has 4 heteroatoms. The first-order valence-electron chi connectivity index (χ1n) is 5.04. The lowest BCUT2D eigenvalue weighted by atomic mass is 10.2. The van der Waals surface area contributed by atoms with Gasteiger partial charge in [-0.3, -0.25) is 4.40 Å². The van der Waals surface area contributed by atoms with E-state index in [0.29, 0.717) is 5.82 Å². The Balaban J connectivity index is 2.33. The van der Waals surface area contributed by atoms with Gasteiger partial charge in [0, 0.05) is 6.20 Å². The maximum absolute atomic E-state index is 6.11. The Hall–Kier alpha value is -1.81. The van der Waals surface area contributed by atoms with Gasteiger partial charge < -0.3 is 5.73 Å². The summed E-state index contributed by atoms with van der Waals surface area (Å²) in [5.41, 5.74) is 9.11. The Morgan fingerprint density at radius 2 is 2.19 bits per heavy atom. The normalized spacial score (nSPS) is 11.1. The Bertz CT molecular complexity index is 651. The van der Waals surface area contributed by atoms with E-state index in [1.165, 1.54) is 5.56 Å². The topological polar surface area (TPSA) is 43.3 Å². The fourth-order valence-corrected chi connectivity index (χ4v) is 2.72. The van der Waals surface area contributed by atoms with E-state index in [0.717, 1.165) is 16.2 Å². The molecule has 3 aromatic heterocycles. The number of nitrogen functional groups attached to an aromatic ring is 1. The number of fused-ring (bicyclic) bond motifs is 1. The predicted molar refractivity (Wildman–Crippen MR) is 67.7 cm³/mol. The van der Waals surface area contributed by atoms with Gasteiger partial charge in [0.1, 0.15) is 17.2 Å². The predicted octanol–water partition coefficient (Wildman–Crippen LogP) is 2.95. The van der Waals surface area contributed by atoms with Crippen molar-refractivity contribution in [2.75, 3.05) is 5.73 Å². The first-order chi connectivity index (χ1) is 7.77. The molecule has 0 atom stereocenters. The maximum atomic E-state index is 6.11. The lowest BCUT2D eigenvalue weighted by molar-refractivity contribution is 1.20.